The molecule has 0 aliphatic rings. The highest BCUT2D eigenvalue weighted by Crippen LogP contribution is 2.07. The molecule has 1 amide bonds. The summed E-state index contributed by atoms with van der Waals surface area (Å²) in [7, 11) is 0. The molecule has 0 aromatic heterocycles. The predicted octanol–water partition coefficient (Wildman–Crippen LogP) is 2.75. The Morgan fingerprint density at radius 3 is 2.81 bits per heavy atom. The molecule has 1 atom stereocenters. The van der Waals surface area contributed by atoms with Gasteiger partial charge in [0, 0.05) is 17.7 Å². The minimum atomic E-state index is -0.324. The van der Waals surface area contributed by atoms with Crippen molar-refractivity contribution >= 4 is 12.0 Å². The van der Waals surface area contributed by atoms with Gasteiger partial charge in [-0.1, -0.05) is 25.1 Å². The van der Waals surface area contributed by atoms with Gasteiger partial charge in [-0.15, -0.1) is 0 Å². The number of hydrogen-bond donors (Lipinski definition) is 1. The summed E-state index contributed by atoms with van der Waals surface area (Å²) in [6.07, 6.45) is 3.71. The summed E-state index contributed by atoms with van der Waals surface area (Å²) in [4.78, 5) is 11.4. The summed E-state index contributed by atoms with van der Waals surface area (Å²) in [5.74, 6) is -0.521. The van der Waals surface area contributed by atoms with Crippen LogP contribution in [-0.4, -0.2) is 11.9 Å². The molecule has 1 rings (SSSR count). The van der Waals surface area contributed by atoms with Crippen LogP contribution in [0.4, 0.5) is 4.39 Å². The van der Waals surface area contributed by atoms with Gasteiger partial charge in [-0.2, -0.15) is 0 Å². The van der Waals surface area contributed by atoms with Gasteiger partial charge in [-0.3, -0.25) is 4.79 Å². The number of amides is 1. The summed E-state index contributed by atoms with van der Waals surface area (Å²) >= 11 is 0. The first-order chi connectivity index (χ1) is 7.63. The van der Waals surface area contributed by atoms with E-state index >= 15 is 0 Å². The van der Waals surface area contributed by atoms with Crippen LogP contribution >= 0.6 is 0 Å². The number of carbonyl (C=O) groups excluding carboxylic acids is 1. The fraction of sp³-hybridized carbons (Fsp3) is 0.308. The zero-order chi connectivity index (χ0) is 12.0. The normalized spacial score (nSPS) is 12.7. The van der Waals surface area contributed by atoms with Crippen LogP contribution in [0.25, 0.3) is 6.08 Å². The summed E-state index contributed by atoms with van der Waals surface area (Å²) < 4.78 is 13.2. The second-order valence-corrected chi connectivity index (χ2v) is 3.67. The molecule has 0 saturated carbocycles. The van der Waals surface area contributed by atoms with Crippen molar-refractivity contribution in [2.24, 2.45) is 0 Å². The molecule has 0 aliphatic heterocycles. The van der Waals surface area contributed by atoms with Crippen molar-refractivity contribution in [3.05, 3.63) is 41.7 Å². The van der Waals surface area contributed by atoms with E-state index in [4.69, 9.17) is 0 Å². The smallest absolute Gasteiger partial charge is 0.244 e. The van der Waals surface area contributed by atoms with Gasteiger partial charge >= 0.3 is 0 Å². The molecule has 1 aromatic rings. The molecule has 0 bridgehead atoms. The van der Waals surface area contributed by atoms with E-state index in [1.54, 1.807) is 18.2 Å². The standard InChI is InChI=1S/C13H16FNO/c1-3-10(2)15-13(16)9-8-11-6-4-5-7-12(11)14/h4-10H,3H2,1-2H3,(H,15,16)/b9-8+/t10-/m0/s1. The van der Waals surface area contributed by atoms with Gasteiger partial charge in [0.25, 0.3) is 0 Å². The molecule has 3 heteroatoms. The first-order valence-corrected chi connectivity index (χ1v) is 5.36. The van der Waals surface area contributed by atoms with Crippen molar-refractivity contribution in [1.82, 2.24) is 5.32 Å². The Kier molecular flexibility index (Phi) is 4.70. The molecule has 0 saturated heterocycles. The van der Waals surface area contributed by atoms with Gasteiger partial charge in [-0.05, 0) is 25.5 Å². The highest BCUT2D eigenvalue weighted by molar-refractivity contribution is 5.91. The van der Waals surface area contributed by atoms with E-state index in [9.17, 15) is 9.18 Å². The first-order valence-electron chi connectivity index (χ1n) is 5.36. The molecule has 0 heterocycles. The largest absolute Gasteiger partial charge is 0.350 e. The third-order valence-corrected chi connectivity index (χ3v) is 2.32. The quantitative estimate of drug-likeness (QED) is 0.778. The van der Waals surface area contributed by atoms with Crippen molar-refractivity contribution in [2.75, 3.05) is 0 Å². The molecule has 0 spiro atoms. The van der Waals surface area contributed by atoms with Crippen LogP contribution in [0, 0.1) is 5.82 Å². The molecule has 0 aliphatic carbocycles. The number of halogens is 1. The Bertz CT molecular complexity index is 387. The van der Waals surface area contributed by atoms with Crippen LogP contribution in [0.2, 0.25) is 0 Å². The average molecular weight is 221 g/mol. The van der Waals surface area contributed by atoms with Gasteiger partial charge in [-0.25, -0.2) is 4.39 Å². The van der Waals surface area contributed by atoms with Crippen molar-refractivity contribution in [2.45, 2.75) is 26.3 Å². The highest BCUT2D eigenvalue weighted by Gasteiger charge is 2.01. The third kappa shape index (κ3) is 3.85. The fourth-order valence-corrected chi connectivity index (χ4v) is 1.17. The summed E-state index contributed by atoms with van der Waals surface area (Å²) in [6.45, 7) is 3.92. The second kappa shape index (κ2) is 6.05. The zero-order valence-electron chi connectivity index (χ0n) is 9.53. The molecule has 1 aromatic carbocycles. The highest BCUT2D eigenvalue weighted by atomic mass is 19.1. The molecule has 1 N–H and O–H groups in total. The average Bonchev–Trinajstić information content (AvgIpc) is 2.28. The molecular weight excluding hydrogens is 205 g/mol. The number of benzene rings is 1. The Hall–Kier alpha value is -1.64. The number of hydrogen-bond acceptors (Lipinski definition) is 1. The van der Waals surface area contributed by atoms with E-state index in [-0.39, 0.29) is 17.8 Å². The van der Waals surface area contributed by atoms with Crippen LogP contribution < -0.4 is 5.32 Å². The van der Waals surface area contributed by atoms with Crippen LogP contribution in [0.5, 0.6) is 0 Å². The van der Waals surface area contributed by atoms with E-state index in [1.807, 2.05) is 13.8 Å². The maximum absolute atomic E-state index is 13.2. The van der Waals surface area contributed by atoms with E-state index in [1.165, 1.54) is 18.2 Å². The van der Waals surface area contributed by atoms with Crippen LogP contribution in [0.1, 0.15) is 25.8 Å². The van der Waals surface area contributed by atoms with Crippen LogP contribution in [-0.2, 0) is 4.79 Å². The molecule has 16 heavy (non-hydrogen) atoms. The van der Waals surface area contributed by atoms with Crippen molar-refractivity contribution in [3.8, 4) is 0 Å². The molecular formula is C13H16FNO. The molecule has 2 nitrogen and oxygen atoms in total. The van der Waals surface area contributed by atoms with Gasteiger partial charge in [0.15, 0.2) is 0 Å². The van der Waals surface area contributed by atoms with Crippen LogP contribution in [0.3, 0.4) is 0 Å². The summed E-state index contributed by atoms with van der Waals surface area (Å²) in [6, 6.07) is 6.48. The monoisotopic (exact) mass is 221 g/mol. The molecule has 86 valence electrons. The number of rotatable bonds is 4. The van der Waals surface area contributed by atoms with Crippen molar-refractivity contribution < 1.29 is 9.18 Å². The predicted molar refractivity (Wildman–Crippen MR) is 63.3 cm³/mol. The van der Waals surface area contributed by atoms with Gasteiger partial charge < -0.3 is 5.32 Å². The van der Waals surface area contributed by atoms with Gasteiger partial charge in [0.1, 0.15) is 5.82 Å². The topological polar surface area (TPSA) is 29.1 Å². The van der Waals surface area contributed by atoms with Crippen molar-refractivity contribution in [1.29, 1.82) is 0 Å². The summed E-state index contributed by atoms with van der Waals surface area (Å²) in [5.41, 5.74) is 0.418. The van der Waals surface area contributed by atoms with E-state index in [0.717, 1.165) is 6.42 Å². The lowest BCUT2D eigenvalue weighted by Gasteiger charge is -2.08. The summed E-state index contributed by atoms with van der Waals surface area (Å²) in [5, 5.41) is 2.77. The lowest BCUT2D eigenvalue weighted by Crippen LogP contribution is -2.30. The number of carbonyl (C=O) groups is 1. The second-order valence-electron chi connectivity index (χ2n) is 3.67. The molecule has 0 fully saturated rings. The maximum atomic E-state index is 13.2. The van der Waals surface area contributed by atoms with E-state index < -0.39 is 0 Å². The Morgan fingerprint density at radius 1 is 1.50 bits per heavy atom. The maximum Gasteiger partial charge on any atom is 0.244 e. The molecule has 0 unspecified atom stereocenters. The van der Waals surface area contributed by atoms with Gasteiger partial charge in [0.2, 0.25) is 5.91 Å². The Labute approximate surface area is 95.2 Å². The minimum Gasteiger partial charge on any atom is -0.350 e. The fourth-order valence-electron chi connectivity index (χ4n) is 1.17. The van der Waals surface area contributed by atoms with E-state index in [2.05, 4.69) is 5.32 Å². The van der Waals surface area contributed by atoms with Crippen LogP contribution in [0.15, 0.2) is 30.3 Å². The van der Waals surface area contributed by atoms with E-state index in [0.29, 0.717) is 5.56 Å². The minimum absolute atomic E-state index is 0.137. The lowest BCUT2D eigenvalue weighted by molar-refractivity contribution is -0.117. The van der Waals surface area contributed by atoms with Gasteiger partial charge in [0.05, 0.1) is 0 Å². The third-order valence-electron chi connectivity index (χ3n) is 2.32. The lowest BCUT2D eigenvalue weighted by atomic mass is 10.2. The Balaban J connectivity index is 2.60. The first kappa shape index (κ1) is 12.4. The zero-order valence-corrected chi connectivity index (χ0v) is 9.53. The molecule has 0 radical (unpaired) electrons. The SMILES string of the molecule is CC[C@H](C)NC(=O)/C=C/c1ccccc1F. The Morgan fingerprint density at radius 2 is 2.19 bits per heavy atom. The number of nitrogens with one attached hydrogen (secondary N) is 1. The van der Waals surface area contributed by atoms with Crippen molar-refractivity contribution in [3.63, 3.8) is 0 Å².